The van der Waals surface area contributed by atoms with Gasteiger partial charge in [-0.25, -0.2) is 4.39 Å². The summed E-state index contributed by atoms with van der Waals surface area (Å²) in [7, 11) is 0. The normalized spacial score (nSPS) is 13.9. The molecule has 7 heteroatoms. The Morgan fingerprint density at radius 1 is 0.812 bits per heavy atom. The molecule has 0 radical (unpaired) electrons. The Kier molecular flexibility index (Phi) is 5.37. The van der Waals surface area contributed by atoms with E-state index in [0.717, 1.165) is 18.7 Å². The van der Waals surface area contributed by atoms with Crippen LogP contribution in [0, 0.1) is 5.82 Å². The monoisotopic (exact) mass is 428 g/mol. The number of halogens is 1. The van der Waals surface area contributed by atoms with Gasteiger partial charge in [0.2, 0.25) is 5.82 Å². The molecule has 5 rings (SSSR count). The lowest BCUT2D eigenvalue weighted by molar-refractivity contribution is 0.0747. The Balaban J connectivity index is 1.24. The lowest BCUT2D eigenvalue weighted by atomic mass is 10.1. The van der Waals surface area contributed by atoms with Crippen LogP contribution in [0.3, 0.4) is 0 Å². The molecule has 0 aliphatic carbocycles. The fourth-order valence-corrected chi connectivity index (χ4v) is 3.80. The molecule has 1 aliphatic rings. The maximum atomic E-state index is 13.1. The number of benzene rings is 3. The topological polar surface area (TPSA) is 62.5 Å². The summed E-state index contributed by atoms with van der Waals surface area (Å²) >= 11 is 0. The highest BCUT2D eigenvalue weighted by Crippen LogP contribution is 2.23. The second-order valence-electron chi connectivity index (χ2n) is 7.62. The minimum atomic E-state index is -0.320. The molecule has 2 heterocycles. The minimum Gasteiger partial charge on any atom is -0.368 e. The Morgan fingerprint density at radius 2 is 1.47 bits per heavy atom. The van der Waals surface area contributed by atoms with Gasteiger partial charge in [0.25, 0.3) is 11.8 Å². The predicted octanol–water partition coefficient (Wildman–Crippen LogP) is 4.51. The van der Waals surface area contributed by atoms with E-state index in [4.69, 9.17) is 4.52 Å². The summed E-state index contributed by atoms with van der Waals surface area (Å²) in [4.78, 5) is 21.5. The smallest absolute Gasteiger partial charge is 0.258 e. The van der Waals surface area contributed by atoms with Crippen molar-refractivity contribution >= 4 is 11.6 Å². The number of hydrogen-bond donors (Lipinski definition) is 0. The van der Waals surface area contributed by atoms with E-state index in [2.05, 4.69) is 27.2 Å². The molecule has 4 aromatic rings. The molecule has 1 saturated heterocycles. The average Bonchev–Trinajstić information content (AvgIpc) is 3.35. The fourth-order valence-electron chi connectivity index (χ4n) is 3.80. The van der Waals surface area contributed by atoms with Gasteiger partial charge in [-0.15, -0.1) is 0 Å². The lowest BCUT2D eigenvalue weighted by Gasteiger charge is -2.36. The van der Waals surface area contributed by atoms with Gasteiger partial charge in [-0.3, -0.25) is 4.79 Å². The first-order chi connectivity index (χ1) is 15.7. The number of carbonyl (C=O) groups excluding carboxylic acids is 1. The van der Waals surface area contributed by atoms with Crippen LogP contribution in [0.25, 0.3) is 22.8 Å². The molecule has 6 nitrogen and oxygen atoms in total. The number of anilines is 1. The van der Waals surface area contributed by atoms with E-state index in [1.54, 1.807) is 36.4 Å². The molecule has 1 aromatic heterocycles. The van der Waals surface area contributed by atoms with E-state index >= 15 is 0 Å². The standard InChI is InChI=1S/C25H21FN4O2/c26-21-12-10-18(11-13-21)23-27-24(32-28-23)19-6-8-20(9-7-19)25(31)30-16-14-29(15-17-30)22-4-2-1-3-5-22/h1-13H,14-17H2. The number of carbonyl (C=O) groups is 1. The molecule has 3 aromatic carbocycles. The van der Waals surface area contributed by atoms with Crippen LogP contribution in [0.15, 0.2) is 83.4 Å². The van der Waals surface area contributed by atoms with Crippen molar-refractivity contribution < 1.29 is 13.7 Å². The van der Waals surface area contributed by atoms with Gasteiger partial charge >= 0.3 is 0 Å². The fraction of sp³-hybridized carbons (Fsp3) is 0.160. The molecule has 0 atom stereocenters. The number of aromatic nitrogens is 2. The number of rotatable bonds is 4. The molecule has 1 amide bonds. The van der Waals surface area contributed by atoms with Crippen molar-refractivity contribution in [1.82, 2.24) is 15.0 Å². The number of piperazine rings is 1. The van der Waals surface area contributed by atoms with Gasteiger partial charge in [-0.1, -0.05) is 23.4 Å². The number of amides is 1. The third-order valence-corrected chi connectivity index (χ3v) is 5.60. The Bertz CT molecular complexity index is 1200. The predicted molar refractivity (Wildman–Crippen MR) is 120 cm³/mol. The molecule has 0 N–H and O–H groups in total. The van der Waals surface area contributed by atoms with E-state index in [-0.39, 0.29) is 11.7 Å². The Hall–Kier alpha value is -4.00. The quantitative estimate of drug-likeness (QED) is 0.479. The highest BCUT2D eigenvalue weighted by molar-refractivity contribution is 5.94. The third kappa shape index (κ3) is 4.09. The highest BCUT2D eigenvalue weighted by Gasteiger charge is 2.22. The molecule has 0 unspecified atom stereocenters. The first kappa shape index (κ1) is 19.9. The maximum Gasteiger partial charge on any atom is 0.258 e. The van der Waals surface area contributed by atoms with Crippen LogP contribution in [0.5, 0.6) is 0 Å². The van der Waals surface area contributed by atoms with E-state index in [1.165, 1.54) is 17.8 Å². The van der Waals surface area contributed by atoms with E-state index in [1.807, 2.05) is 23.1 Å². The summed E-state index contributed by atoms with van der Waals surface area (Å²) in [5.74, 6) is 0.428. The zero-order chi connectivity index (χ0) is 21.9. The minimum absolute atomic E-state index is 0.0155. The lowest BCUT2D eigenvalue weighted by Crippen LogP contribution is -2.48. The molecular formula is C25H21FN4O2. The molecule has 160 valence electrons. The molecule has 1 aliphatic heterocycles. The van der Waals surface area contributed by atoms with Crippen molar-refractivity contribution in [1.29, 1.82) is 0 Å². The third-order valence-electron chi connectivity index (χ3n) is 5.60. The van der Waals surface area contributed by atoms with Gasteiger partial charge < -0.3 is 14.3 Å². The Morgan fingerprint density at radius 3 is 2.16 bits per heavy atom. The molecule has 0 bridgehead atoms. The Labute approximate surface area is 184 Å². The van der Waals surface area contributed by atoms with Crippen molar-refractivity contribution in [3.63, 3.8) is 0 Å². The summed E-state index contributed by atoms with van der Waals surface area (Å²) in [5.41, 5.74) is 3.20. The highest BCUT2D eigenvalue weighted by atomic mass is 19.1. The number of nitrogens with zero attached hydrogens (tertiary/aromatic N) is 4. The van der Waals surface area contributed by atoms with Crippen LogP contribution in [0.4, 0.5) is 10.1 Å². The van der Waals surface area contributed by atoms with E-state index < -0.39 is 0 Å². The summed E-state index contributed by atoms with van der Waals surface area (Å²) in [6.45, 7) is 2.98. The molecule has 1 fully saturated rings. The second-order valence-corrected chi connectivity index (χ2v) is 7.62. The second kappa shape index (κ2) is 8.63. The van der Waals surface area contributed by atoms with Crippen LogP contribution in [-0.2, 0) is 0 Å². The molecule has 32 heavy (non-hydrogen) atoms. The van der Waals surface area contributed by atoms with Crippen molar-refractivity contribution in [2.45, 2.75) is 0 Å². The number of hydrogen-bond acceptors (Lipinski definition) is 5. The SMILES string of the molecule is O=C(c1ccc(-c2nc(-c3ccc(F)cc3)no2)cc1)N1CCN(c2ccccc2)CC1. The molecule has 0 saturated carbocycles. The zero-order valence-corrected chi connectivity index (χ0v) is 17.3. The maximum absolute atomic E-state index is 13.1. The van der Waals surface area contributed by atoms with Crippen molar-refractivity contribution in [3.05, 3.63) is 90.2 Å². The van der Waals surface area contributed by atoms with Gasteiger partial charge in [0.05, 0.1) is 0 Å². The van der Waals surface area contributed by atoms with Gasteiger partial charge in [-0.2, -0.15) is 4.98 Å². The zero-order valence-electron chi connectivity index (χ0n) is 17.3. The average molecular weight is 428 g/mol. The molecule has 0 spiro atoms. The van der Waals surface area contributed by atoms with E-state index in [0.29, 0.717) is 35.9 Å². The largest absolute Gasteiger partial charge is 0.368 e. The van der Waals surface area contributed by atoms with E-state index in [9.17, 15) is 9.18 Å². The van der Waals surface area contributed by atoms with Gasteiger partial charge in [-0.05, 0) is 60.7 Å². The van der Waals surface area contributed by atoms with Crippen LogP contribution < -0.4 is 4.90 Å². The van der Waals surface area contributed by atoms with Crippen molar-refractivity contribution in [2.75, 3.05) is 31.1 Å². The van der Waals surface area contributed by atoms with Gasteiger partial charge in [0, 0.05) is 48.6 Å². The van der Waals surface area contributed by atoms with Crippen LogP contribution >= 0.6 is 0 Å². The van der Waals surface area contributed by atoms with Gasteiger partial charge in [0.1, 0.15) is 5.82 Å². The van der Waals surface area contributed by atoms with Crippen LogP contribution in [-0.4, -0.2) is 47.1 Å². The van der Waals surface area contributed by atoms with Crippen molar-refractivity contribution in [2.24, 2.45) is 0 Å². The first-order valence-corrected chi connectivity index (χ1v) is 10.5. The number of para-hydroxylation sites is 1. The molecular weight excluding hydrogens is 407 g/mol. The van der Waals surface area contributed by atoms with Crippen molar-refractivity contribution in [3.8, 4) is 22.8 Å². The summed E-state index contributed by atoms with van der Waals surface area (Å²) in [6.07, 6.45) is 0. The van der Waals surface area contributed by atoms with Crippen LogP contribution in [0.2, 0.25) is 0 Å². The summed E-state index contributed by atoms with van der Waals surface area (Å²) in [6, 6.07) is 23.3. The van der Waals surface area contributed by atoms with Crippen LogP contribution in [0.1, 0.15) is 10.4 Å². The summed E-state index contributed by atoms with van der Waals surface area (Å²) in [5, 5.41) is 3.97. The summed E-state index contributed by atoms with van der Waals surface area (Å²) < 4.78 is 18.5. The van der Waals surface area contributed by atoms with Gasteiger partial charge in [0.15, 0.2) is 0 Å². The first-order valence-electron chi connectivity index (χ1n) is 10.5.